The lowest BCUT2D eigenvalue weighted by atomic mass is 10.2. The zero-order chi connectivity index (χ0) is 21.8. The highest BCUT2D eigenvalue weighted by Gasteiger charge is 2.19. The fourth-order valence-electron chi connectivity index (χ4n) is 3.47. The first-order valence-corrected chi connectivity index (χ1v) is 11.1. The molecule has 0 bridgehead atoms. The minimum Gasteiger partial charge on any atom is -0.357 e. The number of aromatic nitrogens is 3. The SMILES string of the molecule is O=C(NCc1ccccc1)c1nc(-c2cnc(NCc3ccccc3)s2)n2ccccc12. The minimum atomic E-state index is -0.198. The maximum atomic E-state index is 12.9. The van der Waals surface area contributed by atoms with Gasteiger partial charge in [-0.25, -0.2) is 9.97 Å². The van der Waals surface area contributed by atoms with Crippen molar-refractivity contribution in [1.29, 1.82) is 0 Å². The lowest BCUT2D eigenvalue weighted by Crippen LogP contribution is -2.23. The molecule has 0 fully saturated rings. The molecule has 3 heterocycles. The van der Waals surface area contributed by atoms with Gasteiger partial charge in [0, 0.05) is 19.3 Å². The number of rotatable bonds is 7. The zero-order valence-corrected chi connectivity index (χ0v) is 18.0. The molecule has 158 valence electrons. The minimum absolute atomic E-state index is 0.198. The smallest absolute Gasteiger partial charge is 0.272 e. The highest BCUT2D eigenvalue weighted by atomic mass is 32.1. The van der Waals surface area contributed by atoms with E-state index in [0.717, 1.165) is 21.1 Å². The third kappa shape index (κ3) is 4.24. The van der Waals surface area contributed by atoms with Gasteiger partial charge in [0.25, 0.3) is 5.91 Å². The molecule has 6 nitrogen and oxygen atoms in total. The molecule has 0 aliphatic heterocycles. The maximum Gasteiger partial charge on any atom is 0.272 e. The summed E-state index contributed by atoms with van der Waals surface area (Å²) in [6, 6.07) is 25.8. The van der Waals surface area contributed by atoms with Crippen molar-refractivity contribution >= 4 is 27.9 Å². The second-order valence-corrected chi connectivity index (χ2v) is 8.31. The third-order valence-electron chi connectivity index (χ3n) is 5.07. The van der Waals surface area contributed by atoms with Crippen LogP contribution < -0.4 is 10.6 Å². The van der Waals surface area contributed by atoms with Crippen molar-refractivity contribution in [3.05, 3.63) is 108 Å². The van der Waals surface area contributed by atoms with E-state index >= 15 is 0 Å². The third-order valence-corrected chi connectivity index (χ3v) is 6.02. The molecule has 0 aliphatic carbocycles. The van der Waals surface area contributed by atoms with Crippen molar-refractivity contribution in [1.82, 2.24) is 19.7 Å². The van der Waals surface area contributed by atoms with Crippen LogP contribution in [0.2, 0.25) is 0 Å². The number of amides is 1. The van der Waals surface area contributed by atoms with E-state index in [4.69, 9.17) is 4.98 Å². The van der Waals surface area contributed by atoms with E-state index in [-0.39, 0.29) is 5.91 Å². The molecule has 0 saturated heterocycles. The van der Waals surface area contributed by atoms with Crippen molar-refractivity contribution in [2.24, 2.45) is 0 Å². The van der Waals surface area contributed by atoms with Crippen molar-refractivity contribution in [3.63, 3.8) is 0 Å². The molecular weight excluding hydrogens is 418 g/mol. The van der Waals surface area contributed by atoms with Gasteiger partial charge in [-0.1, -0.05) is 78.1 Å². The first-order chi connectivity index (χ1) is 15.8. The van der Waals surface area contributed by atoms with Crippen LogP contribution in [0.3, 0.4) is 0 Å². The Hall–Kier alpha value is -3.97. The Labute approximate surface area is 189 Å². The van der Waals surface area contributed by atoms with Crippen LogP contribution in [0.25, 0.3) is 16.2 Å². The number of anilines is 1. The standard InChI is InChI=1S/C25H21N5OS/c31-24(26-15-18-9-3-1-4-10-18)22-20-13-7-8-14-30(20)23(29-22)21-17-28-25(32-21)27-16-19-11-5-2-6-12-19/h1-14,17H,15-16H2,(H,26,31)(H,27,28). The van der Waals surface area contributed by atoms with Crippen LogP contribution in [0.4, 0.5) is 5.13 Å². The average Bonchev–Trinajstić information content (AvgIpc) is 3.47. The average molecular weight is 440 g/mol. The number of carbonyl (C=O) groups is 1. The number of benzene rings is 2. The van der Waals surface area contributed by atoms with Gasteiger partial charge in [0.15, 0.2) is 16.6 Å². The van der Waals surface area contributed by atoms with Crippen molar-refractivity contribution in [2.45, 2.75) is 13.1 Å². The lowest BCUT2D eigenvalue weighted by molar-refractivity contribution is 0.0948. The first-order valence-electron chi connectivity index (χ1n) is 10.3. The van der Waals surface area contributed by atoms with Crippen LogP contribution in [0.5, 0.6) is 0 Å². The van der Waals surface area contributed by atoms with E-state index in [1.54, 1.807) is 6.20 Å². The number of fused-ring (bicyclic) bond motifs is 1. The summed E-state index contributed by atoms with van der Waals surface area (Å²) in [7, 11) is 0. The Morgan fingerprint density at radius 3 is 2.31 bits per heavy atom. The van der Waals surface area contributed by atoms with Gasteiger partial charge in [-0.3, -0.25) is 9.20 Å². The van der Waals surface area contributed by atoms with Gasteiger partial charge in [-0.15, -0.1) is 0 Å². The van der Waals surface area contributed by atoms with Crippen LogP contribution in [0, 0.1) is 0 Å². The van der Waals surface area contributed by atoms with Crippen LogP contribution in [-0.4, -0.2) is 20.3 Å². The number of nitrogens with zero attached hydrogens (tertiary/aromatic N) is 3. The number of hydrogen-bond donors (Lipinski definition) is 2. The highest BCUT2D eigenvalue weighted by molar-refractivity contribution is 7.18. The number of pyridine rings is 1. The number of imidazole rings is 1. The molecule has 5 aromatic rings. The molecule has 2 aromatic carbocycles. The first kappa shape index (κ1) is 20.0. The second kappa shape index (κ2) is 9.03. The molecule has 2 N–H and O–H groups in total. The van der Waals surface area contributed by atoms with E-state index in [9.17, 15) is 4.79 Å². The van der Waals surface area contributed by atoms with E-state index in [0.29, 0.717) is 24.6 Å². The van der Waals surface area contributed by atoms with Gasteiger partial charge >= 0.3 is 0 Å². The van der Waals surface area contributed by atoms with E-state index in [1.807, 2.05) is 77.3 Å². The van der Waals surface area contributed by atoms with Crippen molar-refractivity contribution < 1.29 is 4.79 Å². The molecule has 1 amide bonds. The summed E-state index contributed by atoms with van der Waals surface area (Å²) < 4.78 is 1.94. The molecule has 0 atom stereocenters. The normalized spacial score (nSPS) is 10.9. The van der Waals surface area contributed by atoms with Gasteiger partial charge in [-0.05, 0) is 23.3 Å². The Morgan fingerprint density at radius 1 is 0.875 bits per heavy atom. The van der Waals surface area contributed by atoms with E-state index < -0.39 is 0 Å². The fourth-order valence-corrected chi connectivity index (χ4v) is 4.27. The molecule has 32 heavy (non-hydrogen) atoms. The Morgan fingerprint density at radius 2 is 1.56 bits per heavy atom. The fraction of sp³-hybridized carbons (Fsp3) is 0.0800. The second-order valence-electron chi connectivity index (χ2n) is 7.28. The predicted molar refractivity (Wildman–Crippen MR) is 128 cm³/mol. The van der Waals surface area contributed by atoms with Gasteiger partial charge < -0.3 is 10.6 Å². The van der Waals surface area contributed by atoms with Crippen LogP contribution in [-0.2, 0) is 13.1 Å². The summed E-state index contributed by atoms with van der Waals surface area (Å²) >= 11 is 1.52. The number of hydrogen-bond acceptors (Lipinski definition) is 5. The van der Waals surface area contributed by atoms with Crippen LogP contribution in [0.1, 0.15) is 21.6 Å². The van der Waals surface area contributed by atoms with Gasteiger partial charge in [-0.2, -0.15) is 0 Å². The zero-order valence-electron chi connectivity index (χ0n) is 17.2. The maximum absolute atomic E-state index is 12.9. The van der Waals surface area contributed by atoms with Gasteiger partial charge in [0.1, 0.15) is 0 Å². The molecule has 0 spiro atoms. The quantitative estimate of drug-likeness (QED) is 0.374. The molecular formula is C25H21N5OS. The summed E-state index contributed by atoms with van der Waals surface area (Å²) in [5, 5.41) is 7.15. The monoisotopic (exact) mass is 439 g/mol. The summed E-state index contributed by atoms with van der Waals surface area (Å²) in [5.41, 5.74) is 3.40. The summed E-state index contributed by atoms with van der Waals surface area (Å²) in [5.74, 6) is 0.506. The summed E-state index contributed by atoms with van der Waals surface area (Å²) in [6.07, 6.45) is 3.72. The topological polar surface area (TPSA) is 71.3 Å². The molecule has 3 aromatic heterocycles. The highest BCUT2D eigenvalue weighted by Crippen LogP contribution is 2.30. The molecule has 0 aliphatic rings. The summed E-state index contributed by atoms with van der Waals surface area (Å²) in [6.45, 7) is 1.15. The van der Waals surface area contributed by atoms with E-state index in [1.165, 1.54) is 16.9 Å². The van der Waals surface area contributed by atoms with Crippen LogP contribution >= 0.6 is 11.3 Å². The molecule has 5 rings (SSSR count). The van der Waals surface area contributed by atoms with Crippen molar-refractivity contribution in [3.8, 4) is 10.7 Å². The van der Waals surface area contributed by atoms with Crippen molar-refractivity contribution in [2.75, 3.05) is 5.32 Å². The molecule has 0 unspecified atom stereocenters. The number of thiazole rings is 1. The number of carbonyl (C=O) groups excluding carboxylic acids is 1. The largest absolute Gasteiger partial charge is 0.357 e. The molecule has 0 saturated carbocycles. The molecule has 7 heteroatoms. The van der Waals surface area contributed by atoms with E-state index in [2.05, 4.69) is 27.8 Å². The molecule has 0 radical (unpaired) electrons. The number of nitrogens with one attached hydrogen (secondary N) is 2. The summed E-state index contributed by atoms with van der Waals surface area (Å²) in [4.78, 5) is 23.0. The van der Waals surface area contributed by atoms with Gasteiger partial charge in [0.2, 0.25) is 0 Å². The Balaban J connectivity index is 1.38. The Kier molecular flexibility index (Phi) is 5.63. The van der Waals surface area contributed by atoms with Gasteiger partial charge in [0.05, 0.1) is 16.6 Å². The van der Waals surface area contributed by atoms with Crippen LogP contribution in [0.15, 0.2) is 91.3 Å². The predicted octanol–water partition coefficient (Wildman–Crippen LogP) is 5.00. The Bertz CT molecular complexity index is 1340. The lowest BCUT2D eigenvalue weighted by Gasteiger charge is -2.03.